The number of rotatable bonds is 5. The van der Waals surface area contributed by atoms with E-state index in [4.69, 9.17) is 5.11 Å². The maximum atomic E-state index is 11.9. The molecule has 1 heterocycles. The summed E-state index contributed by atoms with van der Waals surface area (Å²) in [4.78, 5) is 14.2. The van der Waals surface area contributed by atoms with Gasteiger partial charge in [0.05, 0.1) is 6.33 Å². The second kappa shape index (κ2) is 4.62. The van der Waals surface area contributed by atoms with Crippen LogP contribution in [0.3, 0.4) is 0 Å². The van der Waals surface area contributed by atoms with Gasteiger partial charge in [0.25, 0.3) is 10.0 Å². The van der Waals surface area contributed by atoms with Crippen molar-refractivity contribution in [1.29, 1.82) is 0 Å². The molecule has 0 saturated carbocycles. The molecule has 16 heavy (non-hydrogen) atoms. The van der Waals surface area contributed by atoms with Crippen LogP contribution in [-0.2, 0) is 21.9 Å². The molecule has 1 rings (SSSR count). The molecule has 0 aliphatic carbocycles. The van der Waals surface area contributed by atoms with E-state index in [0.29, 0.717) is 0 Å². The molecule has 0 aliphatic heterocycles. The van der Waals surface area contributed by atoms with E-state index in [1.165, 1.54) is 17.1 Å². The largest absolute Gasteiger partial charge is 0.480 e. The maximum Gasteiger partial charge on any atom is 0.318 e. The van der Waals surface area contributed by atoms with Crippen LogP contribution in [0.25, 0.3) is 0 Å². The highest BCUT2D eigenvalue weighted by atomic mass is 32.2. The Hall–Kier alpha value is -1.41. The van der Waals surface area contributed by atoms with E-state index in [1.807, 2.05) is 0 Å². The molecule has 0 radical (unpaired) electrons. The van der Waals surface area contributed by atoms with E-state index >= 15 is 0 Å². The van der Waals surface area contributed by atoms with Crippen molar-refractivity contribution in [2.24, 2.45) is 7.05 Å². The Balaban J connectivity index is 3.04. The predicted octanol–water partition coefficient (Wildman–Crippen LogP) is -0.485. The van der Waals surface area contributed by atoms with Gasteiger partial charge in [0, 0.05) is 19.8 Å². The number of imidazole rings is 1. The molecule has 7 nitrogen and oxygen atoms in total. The minimum absolute atomic E-state index is 0.0885. The number of aryl methyl sites for hydroxylation is 1. The molecule has 1 aromatic heterocycles. The predicted molar refractivity (Wildman–Crippen MR) is 55.3 cm³/mol. The molecule has 0 unspecified atom stereocenters. The molecule has 8 heteroatoms. The first-order valence-electron chi connectivity index (χ1n) is 4.57. The molecule has 1 N–H and O–H groups in total. The van der Waals surface area contributed by atoms with Gasteiger partial charge in [-0.05, 0) is 0 Å². The van der Waals surface area contributed by atoms with Crippen molar-refractivity contribution in [3.63, 3.8) is 0 Å². The Kier molecular flexibility index (Phi) is 3.66. The number of sulfonamides is 1. The molecule has 0 spiro atoms. The first-order chi connectivity index (χ1) is 7.37. The Morgan fingerprint density at radius 1 is 1.62 bits per heavy atom. The molecule has 0 aromatic carbocycles. The van der Waals surface area contributed by atoms with Crippen LogP contribution in [0.1, 0.15) is 6.92 Å². The summed E-state index contributed by atoms with van der Waals surface area (Å²) in [5.41, 5.74) is 0. The zero-order valence-electron chi connectivity index (χ0n) is 8.99. The zero-order chi connectivity index (χ0) is 12.3. The summed E-state index contributed by atoms with van der Waals surface area (Å²) >= 11 is 0. The third kappa shape index (κ3) is 2.58. The lowest BCUT2D eigenvalue weighted by Crippen LogP contribution is -2.35. The van der Waals surface area contributed by atoms with Crippen molar-refractivity contribution < 1.29 is 18.3 Å². The first-order valence-corrected chi connectivity index (χ1v) is 6.02. The second-order valence-electron chi connectivity index (χ2n) is 3.20. The zero-order valence-corrected chi connectivity index (χ0v) is 9.81. The van der Waals surface area contributed by atoms with Crippen LogP contribution in [0.4, 0.5) is 0 Å². The van der Waals surface area contributed by atoms with E-state index in [0.717, 1.165) is 4.31 Å². The fraction of sp³-hybridized carbons (Fsp3) is 0.500. The van der Waals surface area contributed by atoms with Gasteiger partial charge in [0.15, 0.2) is 5.03 Å². The third-order valence-electron chi connectivity index (χ3n) is 1.95. The minimum atomic E-state index is -3.80. The lowest BCUT2D eigenvalue weighted by atomic mass is 10.6. The van der Waals surface area contributed by atoms with Crippen LogP contribution in [0, 0.1) is 0 Å². The van der Waals surface area contributed by atoms with Crippen molar-refractivity contribution >= 4 is 16.0 Å². The number of hydrogen-bond donors (Lipinski definition) is 1. The number of likely N-dealkylation sites (N-methyl/N-ethyl adjacent to an activating group) is 1. The quantitative estimate of drug-likeness (QED) is 0.758. The van der Waals surface area contributed by atoms with E-state index in [2.05, 4.69) is 4.98 Å². The lowest BCUT2D eigenvalue weighted by molar-refractivity contribution is -0.137. The van der Waals surface area contributed by atoms with Gasteiger partial charge in [-0.3, -0.25) is 4.79 Å². The Morgan fingerprint density at radius 3 is 2.62 bits per heavy atom. The molecule has 1 aromatic rings. The number of hydrogen-bond acceptors (Lipinski definition) is 4. The van der Waals surface area contributed by atoms with Crippen LogP contribution in [0.15, 0.2) is 17.6 Å². The van der Waals surface area contributed by atoms with Gasteiger partial charge in [-0.2, -0.15) is 4.31 Å². The molecule has 0 aliphatic rings. The van der Waals surface area contributed by atoms with E-state index in [9.17, 15) is 13.2 Å². The average molecular weight is 247 g/mol. The highest BCUT2D eigenvalue weighted by Gasteiger charge is 2.26. The highest BCUT2D eigenvalue weighted by Crippen LogP contribution is 2.12. The van der Waals surface area contributed by atoms with Crippen LogP contribution < -0.4 is 0 Å². The number of aromatic nitrogens is 2. The standard InChI is InChI=1S/C8H13N3O4S/c1-3-11(5-8(12)13)16(14,15)7-4-10(2)6-9-7/h4,6H,3,5H2,1-2H3,(H,12,13). The summed E-state index contributed by atoms with van der Waals surface area (Å²) in [5, 5.41) is 8.46. The summed E-state index contributed by atoms with van der Waals surface area (Å²) in [6.07, 6.45) is 2.68. The molecular weight excluding hydrogens is 234 g/mol. The summed E-state index contributed by atoms with van der Waals surface area (Å²) in [5.74, 6) is -1.19. The van der Waals surface area contributed by atoms with Crippen LogP contribution in [-0.4, -0.2) is 46.4 Å². The van der Waals surface area contributed by atoms with Crippen LogP contribution in [0.5, 0.6) is 0 Å². The van der Waals surface area contributed by atoms with Gasteiger partial charge in [-0.15, -0.1) is 0 Å². The molecule has 0 saturated heterocycles. The molecule has 0 amide bonds. The summed E-state index contributed by atoms with van der Waals surface area (Å²) < 4.78 is 26.1. The molecule has 0 atom stereocenters. The van der Waals surface area contributed by atoms with Gasteiger partial charge in [0.1, 0.15) is 6.54 Å². The van der Waals surface area contributed by atoms with Crippen molar-refractivity contribution in [3.05, 3.63) is 12.5 Å². The summed E-state index contributed by atoms with van der Waals surface area (Å²) in [7, 11) is -2.17. The number of carboxylic acid groups (broad SMARTS) is 1. The average Bonchev–Trinajstić information content (AvgIpc) is 2.61. The Bertz CT molecular complexity index is 479. The number of nitrogens with zero attached hydrogens (tertiary/aromatic N) is 3. The monoisotopic (exact) mass is 247 g/mol. The minimum Gasteiger partial charge on any atom is -0.480 e. The van der Waals surface area contributed by atoms with Crippen LogP contribution >= 0.6 is 0 Å². The van der Waals surface area contributed by atoms with E-state index < -0.39 is 22.5 Å². The molecule has 0 fully saturated rings. The van der Waals surface area contributed by atoms with Crippen molar-refractivity contribution in [2.75, 3.05) is 13.1 Å². The Morgan fingerprint density at radius 2 is 2.25 bits per heavy atom. The van der Waals surface area contributed by atoms with Crippen molar-refractivity contribution in [3.8, 4) is 0 Å². The summed E-state index contributed by atoms with van der Waals surface area (Å²) in [6.45, 7) is 1.10. The number of aliphatic carboxylic acids is 1. The van der Waals surface area contributed by atoms with Gasteiger partial charge in [0.2, 0.25) is 0 Å². The SMILES string of the molecule is CCN(CC(=O)O)S(=O)(=O)c1cn(C)cn1. The lowest BCUT2D eigenvalue weighted by Gasteiger charge is -2.16. The van der Waals surface area contributed by atoms with Gasteiger partial charge >= 0.3 is 5.97 Å². The fourth-order valence-corrected chi connectivity index (χ4v) is 2.54. The first kappa shape index (κ1) is 12.7. The normalized spacial score (nSPS) is 11.9. The Labute approximate surface area is 93.4 Å². The highest BCUT2D eigenvalue weighted by molar-refractivity contribution is 7.89. The van der Waals surface area contributed by atoms with Gasteiger partial charge < -0.3 is 9.67 Å². The topological polar surface area (TPSA) is 92.5 Å². The van der Waals surface area contributed by atoms with Gasteiger partial charge in [-0.1, -0.05) is 6.92 Å². The van der Waals surface area contributed by atoms with E-state index in [-0.39, 0.29) is 11.6 Å². The van der Waals surface area contributed by atoms with Gasteiger partial charge in [-0.25, -0.2) is 13.4 Å². The number of carbonyl (C=O) groups is 1. The van der Waals surface area contributed by atoms with E-state index in [1.54, 1.807) is 14.0 Å². The number of carboxylic acids is 1. The third-order valence-corrected chi connectivity index (χ3v) is 3.76. The van der Waals surface area contributed by atoms with Crippen LogP contribution in [0.2, 0.25) is 0 Å². The fourth-order valence-electron chi connectivity index (χ4n) is 1.17. The van der Waals surface area contributed by atoms with Crippen molar-refractivity contribution in [1.82, 2.24) is 13.9 Å². The maximum absolute atomic E-state index is 11.9. The smallest absolute Gasteiger partial charge is 0.318 e. The molecular formula is C8H13N3O4S. The van der Waals surface area contributed by atoms with Crippen molar-refractivity contribution in [2.45, 2.75) is 11.9 Å². The second-order valence-corrected chi connectivity index (χ2v) is 5.09. The molecule has 0 bridgehead atoms. The summed E-state index contributed by atoms with van der Waals surface area (Å²) in [6, 6.07) is 0. The molecule has 90 valence electrons.